The first kappa shape index (κ1) is 27.6. The van der Waals surface area contributed by atoms with Gasteiger partial charge in [0, 0.05) is 24.5 Å². The molecule has 38 heavy (non-hydrogen) atoms. The molecule has 0 saturated carbocycles. The number of aliphatic hydroxyl groups excluding tert-OH is 2. The van der Waals surface area contributed by atoms with Crippen LogP contribution in [-0.2, 0) is 28.7 Å². The van der Waals surface area contributed by atoms with Crippen molar-refractivity contribution in [2.24, 2.45) is 17.6 Å². The average Bonchev–Trinajstić information content (AvgIpc) is 2.78. The van der Waals surface area contributed by atoms with Crippen LogP contribution in [0.1, 0.15) is 59.7 Å². The van der Waals surface area contributed by atoms with Gasteiger partial charge in [-0.1, -0.05) is 13.3 Å². The van der Waals surface area contributed by atoms with E-state index < -0.39 is 99.0 Å². The van der Waals surface area contributed by atoms with Crippen LogP contribution < -0.4 is 5.73 Å². The largest absolute Gasteiger partial charge is 0.511 e. The number of primary amides is 1. The van der Waals surface area contributed by atoms with Crippen LogP contribution in [0.25, 0.3) is 0 Å². The Morgan fingerprint density at radius 1 is 1.21 bits per heavy atom. The smallest absolute Gasteiger partial charge is 0.417 e. The van der Waals surface area contributed by atoms with Crippen molar-refractivity contribution >= 4 is 17.5 Å². The first-order valence-corrected chi connectivity index (χ1v) is 12.2. The van der Waals surface area contributed by atoms with E-state index in [0.717, 1.165) is 18.9 Å². The van der Waals surface area contributed by atoms with Gasteiger partial charge in [-0.2, -0.15) is 13.2 Å². The molecule has 0 radical (unpaired) electrons. The summed E-state index contributed by atoms with van der Waals surface area (Å²) in [6.07, 6.45) is -4.40. The van der Waals surface area contributed by atoms with Crippen LogP contribution in [0.5, 0.6) is 5.75 Å². The highest BCUT2D eigenvalue weighted by molar-refractivity contribution is 6.24. The number of phenolic OH excluding ortho intramolecular Hbond substituents is 1. The summed E-state index contributed by atoms with van der Waals surface area (Å²) in [4.78, 5) is 39.9. The second-order valence-electron chi connectivity index (χ2n) is 10.3. The van der Waals surface area contributed by atoms with Crippen molar-refractivity contribution in [1.82, 2.24) is 4.90 Å². The molecule has 6 N–H and O–H groups in total. The van der Waals surface area contributed by atoms with Crippen LogP contribution in [0.2, 0.25) is 0 Å². The van der Waals surface area contributed by atoms with E-state index in [0.29, 0.717) is 6.54 Å². The number of nitrogens with two attached hydrogens (primary N) is 1. The minimum atomic E-state index is -4.87. The minimum Gasteiger partial charge on any atom is -0.511 e. The summed E-state index contributed by atoms with van der Waals surface area (Å²) in [7, 11) is 1.65. The number of benzene rings is 1. The lowest BCUT2D eigenvalue weighted by molar-refractivity contribution is -0.144. The molecule has 4 rings (SSSR count). The zero-order chi connectivity index (χ0) is 28.3. The Labute approximate surface area is 216 Å². The fraction of sp³-hybridized carbons (Fsp3) is 0.500. The summed E-state index contributed by atoms with van der Waals surface area (Å²) in [6.45, 7) is 2.33. The van der Waals surface area contributed by atoms with E-state index in [1.54, 1.807) is 11.9 Å². The Morgan fingerprint density at radius 3 is 2.45 bits per heavy atom. The molecule has 0 aromatic heterocycles. The third kappa shape index (κ3) is 4.15. The van der Waals surface area contributed by atoms with Crippen LogP contribution >= 0.6 is 0 Å². The Balaban J connectivity index is 1.87. The van der Waals surface area contributed by atoms with E-state index in [-0.39, 0.29) is 18.5 Å². The lowest BCUT2D eigenvalue weighted by atomic mass is 9.60. The van der Waals surface area contributed by atoms with E-state index in [1.807, 2.05) is 6.92 Å². The van der Waals surface area contributed by atoms with Gasteiger partial charge >= 0.3 is 6.18 Å². The maximum Gasteiger partial charge on any atom is 0.417 e. The second kappa shape index (κ2) is 9.42. The van der Waals surface area contributed by atoms with Crippen molar-refractivity contribution in [3.63, 3.8) is 0 Å². The second-order valence-corrected chi connectivity index (χ2v) is 10.3. The molecule has 0 aliphatic heterocycles. The maximum atomic E-state index is 14.4. The molecule has 12 heteroatoms. The molecule has 1 amide bonds. The highest BCUT2D eigenvalue weighted by Gasteiger charge is 2.60. The monoisotopic (exact) mass is 538 g/mol. The molecule has 1 aromatic rings. The summed E-state index contributed by atoms with van der Waals surface area (Å²) < 4.78 is 43.2. The van der Waals surface area contributed by atoms with Gasteiger partial charge in [0.25, 0.3) is 5.91 Å². The van der Waals surface area contributed by atoms with Crippen LogP contribution in [0.3, 0.4) is 0 Å². The third-order valence-electron chi connectivity index (χ3n) is 7.76. The number of ketones is 2. The number of aromatic hydroxyl groups is 1. The fourth-order valence-electron chi connectivity index (χ4n) is 6.03. The number of alkyl halides is 3. The first-order chi connectivity index (χ1) is 17.6. The number of halogens is 3. The normalized spacial score (nSPS) is 25.4. The lowest BCUT2D eigenvalue weighted by Crippen LogP contribution is -2.57. The predicted molar refractivity (Wildman–Crippen MR) is 127 cm³/mol. The number of rotatable bonds is 6. The molecule has 0 saturated heterocycles. The summed E-state index contributed by atoms with van der Waals surface area (Å²) >= 11 is 0. The lowest BCUT2D eigenvalue weighted by Gasteiger charge is -2.45. The zero-order valence-electron chi connectivity index (χ0n) is 20.9. The molecule has 3 aliphatic carbocycles. The van der Waals surface area contributed by atoms with E-state index in [1.165, 1.54) is 0 Å². The van der Waals surface area contributed by atoms with E-state index in [4.69, 9.17) is 5.73 Å². The first-order valence-electron chi connectivity index (χ1n) is 12.2. The van der Waals surface area contributed by atoms with Gasteiger partial charge in [-0.3, -0.25) is 14.4 Å². The van der Waals surface area contributed by atoms with E-state index in [2.05, 4.69) is 0 Å². The van der Waals surface area contributed by atoms with Crippen molar-refractivity contribution in [3.8, 4) is 5.75 Å². The third-order valence-corrected chi connectivity index (χ3v) is 7.76. The predicted octanol–water partition coefficient (Wildman–Crippen LogP) is 2.83. The van der Waals surface area contributed by atoms with Crippen LogP contribution in [-0.4, -0.2) is 62.0 Å². The molecule has 0 bridgehead atoms. The number of aliphatic hydroxyl groups is 3. The Bertz CT molecular complexity index is 1300. The molecule has 3 aliphatic rings. The van der Waals surface area contributed by atoms with Crippen molar-refractivity contribution < 1.29 is 48.0 Å². The molecule has 1 unspecified atom stereocenters. The van der Waals surface area contributed by atoms with Gasteiger partial charge < -0.3 is 31.1 Å². The summed E-state index contributed by atoms with van der Waals surface area (Å²) in [5.41, 5.74) is -1.38. The van der Waals surface area contributed by atoms with Crippen molar-refractivity contribution in [3.05, 3.63) is 51.0 Å². The Morgan fingerprint density at radius 2 is 1.87 bits per heavy atom. The number of carbonyl (C=O) groups is 3. The fourth-order valence-corrected chi connectivity index (χ4v) is 6.03. The number of phenols is 1. The maximum absolute atomic E-state index is 14.4. The van der Waals surface area contributed by atoms with Crippen LogP contribution in [0.4, 0.5) is 13.2 Å². The van der Waals surface area contributed by atoms with Gasteiger partial charge in [-0.05, 0) is 56.0 Å². The van der Waals surface area contributed by atoms with Crippen molar-refractivity contribution in [1.29, 1.82) is 0 Å². The van der Waals surface area contributed by atoms with Gasteiger partial charge in [0.05, 0.1) is 11.1 Å². The van der Waals surface area contributed by atoms with Crippen molar-refractivity contribution in [2.45, 2.75) is 57.3 Å². The number of hydrogen-bond donors (Lipinski definition) is 5. The highest BCUT2D eigenvalue weighted by Crippen LogP contribution is 2.53. The number of hydrogen-bond acceptors (Lipinski definition) is 8. The molecule has 1 aromatic carbocycles. The van der Waals surface area contributed by atoms with Crippen molar-refractivity contribution in [2.75, 3.05) is 13.6 Å². The molecular formula is C26H29F3N2O7. The topological polar surface area (TPSA) is 161 Å². The quantitative estimate of drug-likeness (QED) is 0.346. The van der Waals surface area contributed by atoms with Crippen LogP contribution in [0.15, 0.2) is 28.7 Å². The number of amides is 1. The molecule has 0 heterocycles. The van der Waals surface area contributed by atoms with Gasteiger partial charge in [-0.25, -0.2) is 0 Å². The van der Waals surface area contributed by atoms with Crippen LogP contribution in [0, 0.1) is 11.8 Å². The number of unbranched alkanes of at least 4 members (excludes halogenated alkanes) is 1. The number of nitrogens with zero attached hydrogens (tertiary/aromatic N) is 1. The standard InChI is InChI=1S/C26H29F3N2O7/c1-3-4-5-31(2)10-12-8-15(32)18-14(20(12)26(27,28)29)7-11-6-13-9-16(33)19(24(30)37)23(36)25(13,38)22(35)17(11)21(18)34/h8,11,13,32-33,35,38H,3-7,9-10H2,1-2H3,(H2,30,37)/t11?,13-,25-/m0/s1. The number of fused-ring (bicyclic) bond motifs is 3. The summed E-state index contributed by atoms with van der Waals surface area (Å²) in [5, 5.41) is 43.2. The zero-order valence-corrected chi connectivity index (χ0v) is 20.9. The average molecular weight is 539 g/mol. The van der Waals surface area contributed by atoms with Gasteiger partial charge in [0.1, 0.15) is 22.8 Å². The Kier molecular flexibility index (Phi) is 6.86. The Hall–Kier alpha value is -3.38. The summed E-state index contributed by atoms with van der Waals surface area (Å²) in [6, 6.07) is 0.887. The molecule has 206 valence electrons. The molecule has 0 fully saturated rings. The highest BCUT2D eigenvalue weighted by atomic mass is 19.4. The van der Waals surface area contributed by atoms with E-state index in [9.17, 15) is 48.0 Å². The molecule has 9 nitrogen and oxygen atoms in total. The van der Waals surface area contributed by atoms with Gasteiger partial charge in [-0.15, -0.1) is 0 Å². The number of Topliss-reactive ketones (excluding diaryl/α,β-unsaturated/α-hetero) is 2. The van der Waals surface area contributed by atoms with E-state index >= 15 is 0 Å². The summed E-state index contributed by atoms with van der Waals surface area (Å²) in [5.74, 6) is -8.70. The molecule has 3 atom stereocenters. The number of allylic oxidation sites excluding steroid dienone is 2. The minimum absolute atomic E-state index is 0.131. The SMILES string of the molecule is CCCCN(C)Cc1cc(O)c2c(c1C(F)(F)F)CC1C[C@H]3CC(O)=C(C(N)=O)C(=O)[C@@]3(O)C(O)=C1C2=O. The molecular weight excluding hydrogens is 509 g/mol. The van der Waals surface area contributed by atoms with Gasteiger partial charge in [0.15, 0.2) is 11.4 Å². The van der Waals surface area contributed by atoms with Gasteiger partial charge in [0.2, 0.25) is 5.78 Å². The number of carbonyl (C=O) groups excluding carboxylic acids is 3. The molecule has 0 spiro atoms.